The minimum Gasteiger partial charge on any atom is -0.324 e. The van der Waals surface area contributed by atoms with Gasteiger partial charge in [0.25, 0.3) is 5.66 Å². The van der Waals surface area contributed by atoms with Crippen molar-refractivity contribution >= 4 is 21.0 Å². The van der Waals surface area contributed by atoms with Gasteiger partial charge in [-0.05, 0) is 36.8 Å². The van der Waals surface area contributed by atoms with E-state index in [4.69, 9.17) is 0 Å². The zero-order chi connectivity index (χ0) is 23.1. The molecule has 1 unspecified atom stereocenters. The topological polar surface area (TPSA) is 72.2 Å². The van der Waals surface area contributed by atoms with Gasteiger partial charge in [0.15, 0.2) is 0 Å². The van der Waals surface area contributed by atoms with Crippen LogP contribution in [-0.4, -0.2) is 26.5 Å². The van der Waals surface area contributed by atoms with E-state index < -0.39 is 5.66 Å². The lowest BCUT2D eigenvalue weighted by atomic mass is 10.1. The maximum atomic E-state index is 14.2. The van der Waals surface area contributed by atoms with Crippen LogP contribution < -0.4 is 5.32 Å². The van der Waals surface area contributed by atoms with Gasteiger partial charge >= 0.3 is 0 Å². The van der Waals surface area contributed by atoms with Crippen LogP contribution in [0, 0.1) is 0 Å². The molecule has 0 saturated carbocycles. The fraction of sp³-hybridized carbons (Fsp3) is 0.130. The fourth-order valence-corrected chi connectivity index (χ4v) is 3.07. The number of amides is 1. The molecule has 1 amide bonds. The summed E-state index contributed by atoms with van der Waals surface area (Å²) in [7, 11) is 1.51. The van der Waals surface area contributed by atoms with E-state index in [1.165, 1.54) is 27.6 Å². The number of carbonyl (C=O) groups is 1. The summed E-state index contributed by atoms with van der Waals surface area (Å²) < 4.78 is 29.5. The molecule has 164 valence electrons. The lowest BCUT2D eigenvalue weighted by molar-refractivity contribution is -0.119. The Kier molecular flexibility index (Phi) is 7.38. The molecule has 9 heteroatoms. The number of halogens is 2. The number of nitrogens with zero attached hydrogens (tertiary/aromatic N) is 4. The van der Waals surface area contributed by atoms with E-state index in [0.717, 1.165) is 10.2 Å². The highest BCUT2D eigenvalue weighted by atomic mass is 31.0. The van der Waals surface area contributed by atoms with Gasteiger partial charge < -0.3 is 5.32 Å². The molecule has 2 aromatic heterocycles. The highest BCUT2D eigenvalue weighted by molar-refractivity contribution is 7.17. The Morgan fingerprint density at radius 3 is 2.66 bits per heavy atom. The van der Waals surface area contributed by atoms with Gasteiger partial charge in [0.2, 0.25) is 5.91 Å². The van der Waals surface area contributed by atoms with Crippen molar-refractivity contribution in [3.63, 3.8) is 0 Å². The third kappa shape index (κ3) is 6.02. The second-order valence-corrected chi connectivity index (χ2v) is 7.59. The predicted octanol–water partition coefficient (Wildman–Crippen LogP) is 4.52. The minimum absolute atomic E-state index is 0.186. The Labute approximate surface area is 187 Å². The number of nitrogens with one attached hydrogen (secondary N) is 1. The van der Waals surface area contributed by atoms with Crippen LogP contribution in [0.15, 0.2) is 90.5 Å². The Balaban J connectivity index is 1.84. The second kappa shape index (κ2) is 10.2. The summed E-state index contributed by atoms with van der Waals surface area (Å²) in [6, 6.07) is 14.0. The lowest BCUT2D eigenvalue weighted by Crippen LogP contribution is -2.23. The van der Waals surface area contributed by atoms with Gasteiger partial charge in [0.1, 0.15) is 11.5 Å². The number of rotatable bonds is 7. The lowest BCUT2D eigenvalue weighted by Gasteiger charge is -2.12. The maximum absolute atomic E-state index is 14.2. The molecule has 0 radical (unpaired) electrons. The van der Waals surface area contributed by atoms with E-state index in [1.54, 1.807) is 31.5 Å². The van der Waals surface area contributed by atoms with Crippen LogP contribution in [0.5, 0.6) is 0 Å². The number of alkyl halides is 2. The average molecular weight is 453 g/mol. The van der Waals surface area contributed by atoms with Crippen molar-refractivity contribution in [1.29, 1.82) is 0 Å². The molecule has 6 nitrogen and oxygen atoms in total. The number of benzene rings is 1. The molecule has 0 aliphatic heterocycles. The van der Waals surface area contributed by atoms with Gasteiger partial charge in [-0.1, -0.05) is 46.2 Å². The van der Waals surface area contributed by atoms with Gasteiger partial charge in [-0.25, -0.2) is 9.67 Å². The third-order valence-electron chi connectivity index (χ3n) is 4.42. The van der Waals surface area contributed by atoms with Crippen molar-refractivity contribution in [1.82, 2.24) is 20.1 Å². The zero-order valence-electron chi connectivity index (χ0n) is 17.4. The molecule has 0 spiro atoms. The van der Waals surface area contributed by atoms with Crippen LogP contribution in [0.2, 0.25) is 0 Å². The van der Waals surface area contributed by atoms with Crippen molar-refractivity contribution in [2.24, 2.45) is 4.99 Å². The molecule has 0 aliphatic rings. The van der Waals surface area contributed by atoms with Crippen molar-refractivity contribution in [2.75, 3.05) is 0 Å². The van der Waals surface area contributed by atoms with Gasteiger partial charge in [-0.15, -0.1) is 0 Å². The van der Waals surface area contributed by atoms with E-state index in [9.17, 15) is 13.6 Å². The molecule has 0 fully saturated rings. The minimum atomic E-state index is -3.22. The van der Waals surface area contributed by atoms with Crippen LogP contribution in [0.3, 0.4) is 0 Å². The summed E-state index contributed by atoms with van der Waals surface area (Å²) in [6.45, 7) is 5.21. The predicted molar refractivity (Wildman–Crippen MR) is 124 cm³/mol. The standard InChI is InChI=1S/C23H22F2N5OP/c1-3-19(28-22(31)12-17-8-5-4-6-9-17)15-27-16(2)30-21(23(24,25)32)13-20(29-30)18-10-7-11-26-14-18/h3-11,13-15H,1,12,32H2,2H3,(H,28,31)/b19-15+,27-16?. The highest BCUT2D eigenvalue weighted by Crippen LogP contribution is 2.36. The average Bonchev–Trinajstić information content (AvgIpc) is 3.24. The molecular weight excluding hydrogens is 431 g/mol. The monoisotopic (exact) mass is 453 g/mol. The molecule has 3 rings (SSSR count). The number of aliphatic imine (C=N–C) groups is 1. The molecular formula is C23H22F2N5OP. The van der Waals surface area contributed by atoms with Crippen LogP contribution in [0.1, 0.15) is 18.2 Å². The smallest absolute Gasteiger partial charge is 0.300 e. The zero-order valence-corrected chi connectivity index (χ0v) is 18.5. The van der Waals surface area contributed by atoms with Crippen molar-refractivity contribution in [3.05, 3.63) is 96.7 Å². The molecule has 2 heterocycles. The SMILES string of the molecule is C=C/C(=C\N=C(C)n1nc(-c2cccnc2)cc1C(F)(F)P)NC(=O)Cc1ccccc1. The van der Waals surface area contributed by atoms with E-state index in [0.29, 0.717) is 17.0 Å². The fourth-order valence-electron chi connectivity index (χ4n) is 2.86. The first-order valence-corrected chi connectivity index (χ1v) is 10.2. The molecule has 0 bridgehead atoms. The Bertz CT molecular complexity index is 1150. The van der Waals surface area contributed by atoms with Crippen molar-refractivity contribution in [2.45, 2.75) is 19.0 Å². The van der Waals surface area contributed by atoms with Gasteiger partial charge in [0.05, 0.1) is 24.0 Å². The number of aromatic nitrogens is 3. The molecule has 1 N–H and O–H groups in total. The van der Waals surface area contributed by atoms with E-state index >= 15 is 0 Å². The largest absolute Gasteiger partial charge is 0.324 e. The summed E-state index contributed by atoms with van der Waals surface area (Å²) in [5, 5.41) is 6.98. The van der Waals surface area contributed by atoms with Crippen LogP contribution in [0.25, 0.3) is 11.3 Å². The first kappa shape index (κ1) is 23.2. The number of carbonyl (C=O) groups excluding carboxylic acids is 1. The quantitative estimate of drug-likeness (QED) is 0.247. The maximum Gasteiger partial charge on any atom is 0.300 e. The van der Waals surface area contributed by atoms with Crippen LogP contribution >= 0.6 is 9.24 Å². The molecule has 1 aromatic carbocycles. The number of allylic oxidation sites excluding steroid dienone is 1. The van der Waals surface area contributed by atoms with Crippen LogP contribution in [-0.2, 0) is 16.9 Å². The van der Waals surface area contributed by atoms with E-state index in [2.05, 4.69) is 27.0 Å². The Morgan fingerprint density at radius 2 is 2.03 bits per heavy atom. The van der Waals surface area contributed by atoms with Crippen LogP contribution in [0.4, 0.5) is 8.78 Å². The van der Waals surface area contributed by atoms with Gasteiger partial charge in [-0.2, -0.15) is 13.9 Å². The summed E-state index contributed by atoms with van der Waals surface area (Å²) >= 11 is 0. The molecule has 32 heavy (non-hydrogen) atoms. The molecule has 0 aliphatic carbocycles. The summed E-state index contributed by atoms with van der Waals surface area (Å²) in [6.07, 6.45) is 6.09. The highest BCUT2D eigenvalue weighted by Gasteiger charge is 2.31. The third-order valence-corrected chi connectivity index (χ3v) is 4.71. The molecule has 1 atom stereocenters. The molecule has 0 saturated heterocycles. The molecule has 3 aromatic rings. The normalized spacial score (nSPS) is 12.5. The first-order valence-electron chi connectivity index (χ1n) is 9.66. The first-order chi connectivity index (χ1) is 15.3. The van der Waals surface area contributed by atoms with E-state index in [-0.39, 0.29) is 23.9 Å². The Hall–Kier alpha value is -3.51. The summed E-state index contributed by atoms with van der Waals surface area (Å²) in [5.41, 5.74) is -1.42. The number of hydrogen-bond acceptors (Lipinski definition) is 4. The van der Waals surface area contributed by atoms with Gasteiger partial charge in [0, 0.05) is 18.0 Å². The van der Waals surface area contributed by atoms with Crippen molar-refractivity contribution < 1.29 is 13.6 Å². The summed E-state index contributed by atoms with van der Waals surface area (Å²) in [5.74, 6) is -0.0562. The van der Waals surface area contributed by atoms with Crippen molar-refractivity contribution in [3.8, 4) is 11.3 Å². The second-order valence-electron chi connectivity index (χ2n) is 6.87. The number of hydrogen-bond donors (Lipinski definition) is 1. The van der Waals surface area contributed by atoms with Gasteiger partial charge in [-0.3, -0.25) is 9.78 Å². The van der Waals surface area contributed by atoms with E-state index in [1.807, 2.05) is 30.3 Å². The Morgan fingerprint density at radius 1 is 1.28 bits per heavy atom. The number of pyridine rings is 1. The summed E-state index contributed by atoms with van der Waals surface area (Å²) in [4.78, 5) is 20.5.